The molecule has 2 rings (SSSR count). The molecule has 4 heteroatoms. The predicted molar refractivity (Wildman–Crippen MR) is 61.8 cm³/mol. The normalized spacial score (nSPS) is 13.0. The van der Waals surface area contributed by atoms with Crippen LogP contribution < -0.4 is 11.1 Å². The number of pyridine rings is 1. The Morgan fingerprint density at radius 1 is 1.57 bits per heavy atom. The van der Waals surface area contributed by atoms with Gasteiger partial charge >= 0.3 is 0 Å². The summed E-state index contributed by atoms with van der Waals surface area (Å²) in [5.74, 6) is 0.940. The third kappa shape index (κ3) is 1.71. The quantitative estimate of drug-likeness (QED) is 0.810. The van der Waals surface area contributed by atoms with Crippen molar-refractivity contribution in [3.05, 3.63) is 23.7 Å². The van der Waals surface area contributed by atoms with Gasteiger partial charge in [-0.05, 0) is 29.8 Å². The number of nitrogens with zero attached hydrogens (tertiary/aromatic N) is 1. The first kappa shape index (κ1) is 9.43. The monoisotopic (exact) mass is 207 g/mol. The van der Waals surface area contributed by atoms with Gasteiger partial charge in [-0.15, -0.1) is 11.3 Å². The molecule has 0 aliphatic rings. The molecular formula is C10H13N3S. The maximum Gasteiger partial charge on any atom is 0.144 e. The SMILES string of the molecule is CC(CN)Nc1nccc2ccsc12. The fourth-order valence-corrected chi connectivity index (χ4v) is 2.13. The van der Waals surface area contributed by atoms with Crippen molar-refractivity contribution in [1.82, 2.24) is 4.98 Å². The average Bonchev–Trinajstić information content (AvgIpc) is 2.66. The van der Waals surface area contributed by atoms with Gasteiger partial charge in [0, 0.05) is 18.8 Å². The van der Waals surface area contributed by atoms with Crippen molar-refractivity contribution in [2.75, 3.05) is 11.9 Å². The second kappa shape index (κ2) is 3.94. The fourth-order valence-electron chi connectivity index (χ4n) is 1.29. The zero-order chi connectivity index (χ0) is 9.97. The zero-order valence-corrected chi connectivity index (χ0v) is 8.84. The van der Waals surface area contributed by atoms with E-state index in [9.17, 15) is 0 Å². The minimum atomic E-state index is 0.259. The molecule has 1 atom stereocenters. The van der Waals surface area contributed by atoms with Gasteiger partial charge in [0.1, 0.15) is 5.82 Å². The number of aromatic nitrogens is 1. The van der Waals surface area contributed by atoms with E-state index in [0.29, 0.717) is 6.54 Å². The summed E-state index contributed by atoms with van der Waals surface area (Å²) in [7, 11) is 0. The van der Waals surface area contributed by atoms with Gasteiger partial charge in [0.25, 0.3) is 0 Å². The number of hydrogen-bond donors (Lipinski definition) is 2. The summed E-state index contributed by atoms with van der Waals surface area (Å²) < 4.78 is 1.20. The molecular weight excluding hydrogens is 194 g/mol. The van der Waals surface area contributed by atoms with E-state index in [0.717, 1.165) is 5.82 Å². The van der Waals surface area contributed by atoms with Crippen LogP contribution in [-0.2, 0) is 0 Å². The molecule has 2 aromatic rings. The summed E-state index contributed by atoms with van der Waals surface area (Å²) in [6, 6.07) is 4.37. The molecule has 3 N–H and O–H groups in total. The van der Waals surface area contributed by atoms with E-state index in [-0.39, 0.29) is 6.04 Å². The Kier molecular flexibility index (Phi) is 2.65. The Balaban J connectivity index is 2.36. The molecule has 0 amide bonds. The summed E-state index contributed by atoms with van der Waals surface area (Å²) >= 11 is 1.70. The Bertz CT molecular complexity index is 424. The van der Waals surface area contributed by atoms with Crippen LogP contribution in [0.15, 0.2) is 23.7 Å². The van der Waals surface area contributed by atoms with E-state index >= 15 is 0 Å². The molecule has 0 aliphatic carbocycles. The third-order valence-electron chi connectivity index (χ3n) is 2.11. The highest BCUT2D eigenvalue weighted by atomic mass is 32.1. The van der Waals surface area contributed by atoms with E-state index in [4.69, 9.17) is 5.73 Å². The molecule has 2 heterocycles. The van der Waals surface area contributed by atoms with E-state index in [2.05, 4.69) is 21.7 Å². The van der Waals surface area contributed by atoms with E-state index in [1.54, 1.807) is 11.3 Å². The minimum Gasteiger partial charge on any atom is -0.365 e. The van der Waals surface area contributed by atoms with Crippen molar-refractivity contribution in [1.29, 1.82) is 0 Å². The average molecular weight is 207 g/mol. The second-order valence-electron chi connectivity index (χ2n) is 3.28. The lowest BCUT2D eigenvalue weighted by Crippen LogP contribution is -2.25. The van der Waals surface area contributed by atoms with Gasteiger partial charge in [-0.1, -0.05) is 0 Å². The maximum absolute atomic E-state index is 5.55. The van der Waals surface area contributed by atoms with Crippen LogP contribution >= 0.6 is 11.3 Å². The Morgan fingerprint density at radius 2 is 2.43 bits per heavy atom. The third-order valence-corrected chi connectivity index (χ3v) is 3.04. The molecule has 0 radical (unpaired) electrons. The van der Waals surface area contributed by atoms with Crippen LogP contribution in [0.5, 0.6) is 0 Å². The number of rotatable bonds is 3. The van der Waals surface area contributed by atoms with Gasteiger partial charge in [-0.2, -0.15) is 0 Å². The van der Waals surface area contributed by atoms with Gasteiger partial charge in [0.15, 0.2) is 0 Å². The first-order chi connectivity index (χ1) is 6.81. The molecule has 0 aliphatic heterocycles. The van der Waals surface area contributed by atoms with Crippen molar-refractivity contribution in [2.45, 2.75) is 13.0 Å². The molecule has 0 aromatic carbocycles. The topological polar surface area (TPSA) is 50.9 Å². The van der Waals surface area contributed by atoms with Crippen LogP contribution in [0.4, 0.5) is 5.82 Å². The largest absolute Gasteiger partial charge is 0.365 e. The lowest BCUT2D eigenvalue weighted by atomic mass is 10.3. The molecule has 0 fully saturated rings. The van der Waals surface area contributed by atoms with Gasteiger partial charge in [0.2, 0.25) is 0 Å². The second-order valence-corrected chi connectivity index (χ2v) is 4.20. The van der Waals surface area contributed by atoms with E-state index in [1.807, 2.05) is 19.2 Å². The van der Waals surface area contributed by atoms with Crippen molar-refractivity contribution in [2.24, 2.45) is 5.73 Å². The number of fused-ring (bicyclic) bond motifs is 1. The molecule has 1 unspecified atom stereocenters. The van der Waals surface area contributed by atoms with E-state index < -0.39 is 0 Å². The molecule has 0 saturated heterocycles. The summed E-state index contributed by atoms with van der Waals surface area (Å²) in [4.78, 5) is 4.31. The van der Waals surface area contributed by atoms with Gasteiger partial charge in [-0.25, -0.2) is 4.98 Å². The Hall–Kier alpha value is -1.13. The number of nitrogens with two attached hydrogens (primary N) is 1. The summed E-state index contributed by atoms with van der Waals surface area (Å²) in [6.45, 7) is 2.66. The van der Waals surface area contributed by atoms with Crippen LogP contribution in [0.3, 0.4) is 0 Å². The number of thiophene rings is 1. The van der Waals surface area contributed by atoms with Crippen LogP contribution in [0.25, 0.3) is 10.1 Å². The Morgan fingerprint density at radius 3 is 3.21 bits per heavy atom. The number of anilines is 1. The summed E-state index contributed by atoms with van der Waals surface area (Å²) in [5.41, 5.74) is 5.55. The summed E-state index contributed by atoms with van der Waals surface area (Å²) in [5, 5.41) is 6.60. The standard InChI is InChI=1S/C10H13N3S/c1-7(6-11)13-10-9-8(2-4-12-10)3-5-14-9/h2-5,7H,6,11H2,1H3,(H,12,13). The molecule has 74 valence electrons. The summed E-state index contributed by atoms with van der Waals surface area (Å²) in [6.07, 6.45) is 1.82. The molecule has 14 heavy (non-hydrogen) atoms. The maximum atomic E-state index is 5.55. The molecule has 0 spiro atoms. The zero-order valence-electron chi connectivity index (χ0n) is 8.03. The van der Waals surface area contributed by atoms with Gasteiger partial charge in [-0.3, -0.25) is 0 Å². The highest BCUT2D eigenvalue weighted by Crippen LogP contribution is 2.26. The molecule has 3 nitrogen and oxygen atoms in total. The fraction of sp³-hybridized carbons (Fsp3) is 0.300. The minimum absolute atomic E-state index is 0.259. The molecule has 0 saturated carbocycles. The first-order valence-electron chi connectivity index (χ1n) is 4.60. The highest BCUT2D eigenvalue weighted by molar-refractivity contribution is 7.17. The van der Waals surface area contributed by atoms with Crippen molar-refractivity contribution in [3.8, 4) is 0 Å². The van der Waals surface area contributed by atoms with Crippen molar-refractivity contribution >= 4 is 27.2 Å². The van der Waals surface area contributed by atoms with Crippen molar-refractivity contribution in [3.63, 3.8) is 0 Å². The smallest absolute Gasteiger partial charge is 0.144 e. The van der Waals surface area contributed by atoms with Crippen LogP contribution in [0, 0.1) is 0 Å². The van der Waals surface area contributed by atoms with Gasteiger partial charge < -0.3 is 11.1 Å². The first-order valence-corrected chi connectivity index (χ1v) is 5.48. The van der Waals surface area contributed by atoms with Crippen molar-refractivity contribution < 1.29 is 0 Å². The lowest BCUT2D eigenvalue weighted by molar-refractivity contribution is 0.800. The van der Waals surface area contributed by atoms with Crippen LogP contribution in [-0.4, -0.2) is 17.6 Å². The number of nitrogens with one attached hydrogen (secondary N) is 1. The van der Waals surface area contributed by atoms with Gasteiger partial charge in [0.05, 0.1) is 4.70 Å². The van der Waals surface area contributed by atoms with E-state index in [1.165, 1.54) is 10.1 Å². The highest BCUT2D eigenvalue weighted by Gasteiger charge is 2.05. The predicted octanol–water partition coefficient (Wildman–Crippen LogP) is 2.06. The molecule has 2 aromatic heterocycles. The number of hydrogen-bond acceptors (Lipinski definition) is 4. The Labute approximate surface area is 87.0 Å². The van der Waals surface area contributed by atoms with Crippen LogP contribution in [0.1, 0.15) is 6.92 Å². The lowest BCUT2D eigenvalue weighted by Gasteiger charge is -2.12. The molecule has 0 bridgehead atoms. The van der Waals surface area contributed by atoms with Crippen LogP contribution in [0.2, 0.25) is 0 Å².